The number of halogens is 1. The quantitative estimate of drug-likeness (QED) is 0.820. The summed E-state index contributed by atoms with van der Waals surface area (Å²) in [6.45, 7) is 0. The number of alkyl halides is 1. The molecule has 0 aliphatic carbocycles. The topological polar surface area (TPSA) is 20.3 Å². The van der Waals surface area contributed by atoms with Gasteiger partial charge in [0.05, 0.1) is 6.42 Å². The SMILES string of the molecule is O=C(Cc1ccc(-c2ccccc2)cc1)N1C2CCC1CC(F)C2. The van der Waals surface area contributed by atoms with Crippen molar-refractivity contribution in [2.24, 2.45) is 0 Å². The summed E-state index contributed by atoms with van der Waals surface area (Å²) in [6, 6.07) is 18.7. The maximum Gasteiger partial charge on any atom is 0.227 e. The second kappa shape index (κ2) is 6.39. The van der Waals surface area contributed by atoms with Crippen molar-refractivity contribution in [3.8, 4) is 11.1 Å². The lowest BCUT2D eigenvalue weighted by atomic mass is 9.99. The van der Waals surface area contributed by atoms with Crippen molar-refractivity contribution in [1.82, 2.24) is 4.90 Å². The number of fused-ring (bicyclic) bond motifs is 2. The Balaban J connectivity index is 1.45. The minimum atomic E-state index is -0.725. The average Bonchev–Trinajstić information content (AvgIpc) is 2.88. The molecule has 2 aromatic carbocycles. The average molecular weight is 323 g/mol. The molecule has 2 aliphatic rings. The highest BCUT2D eigenvalue weighted by Gasteiger charge is 2.43. The van der Waals surface area contributed by atoms with Crippen molar-refractivity contribution in [2.75, 3.05) is 0 Å². The molecular formula is C21H22FNO. The summed E-state index contributed by atoms with van der Waals surface area (Å²) in [5.74, 6) is 0.155. The zero-order valence-corrected chi connectivity index (χ0v) is 13.7. The molecule has 2 nitrogen and oxygen atoms in total. The summed E-state index contributed by atoms with van der Waals surface area (Å²) < 4.78 is 13.7. The molecule has 0 spiro atoms. The van der Waals surface area contributed by atoms with Crippen molar-refractivity contribution in [3.05, 3.63) is 60.2 Å². The van der Waals surface area contributed by atoms with E-state index >= 15 is 0 Å². The summed E-state index contributed by atoms with van der Waals surface area (Å²) in [4.78, 5) is 14.7. The van der Waals surface area contributed by atoms with E-state index in [4.69, 9.17) is 0 Å². The number of hydrogen-bond donors (Lipinski definition) is 0. The fourth-order valence-electron chi connectivity index (χ4n) is 4.23. The Kier molecular flexibility index (Phi) is 4.09. The van der Waals surface area contributed by atoms with Gasteiger partial charge in [-0.25, -0.2) is 4.39 Å². The van der Waals surface area contributed by atoms with Crippen LogP contribution in [-0.4, -0.2) is 29.1 Å². The lowest BCUT2D eigenvalue weighted by Gasteiger charge is -2.36. The monoisotopic (exact) mass is 323 g/mol. The predicted octanol–water partition coefficient (Wildman–Crippen LogP) is 4.39. The summed E-state index contributed by atoms with van der Waals surface area (Å²) in [5, 5.41) is 0. The first kappa shape index (κ1) is 15.4. The highest BCUT2D eigenvalue weighted by molar-refractivity contribution is 5.80. The number of nitrogens with zero attached hydrogens (tertiary/aromatic N) is 1. The molecule has 124 valence electrons. The molecule has 24 heavy (non-hydrogen) atoms. The van der Waals surface area contributed by atoms with Gasteiger partial charge in [-0.1, -0.05) is 54.6 Å². The highest BCUT2D eigenvalue weighted by atomic mass is 19.1. The van der Waals surface area contributed by atoms with E-state index in [2.05, 4.69) is 24.3 Å². The van der Waals surface area contributed by atoms with Crippen LogP contribution < -0.4 is 0 Å². The van der Waals surface area contributed by atoms with E-state index in [1.807, 2.05) is 35.2 Å². The Morgan fingerprint density at radius 3 is 2.12 bits per heavy atom. The number of rotatable bonds is 3. The molecule has 2 aliphatic heterocycles. The first-order chi connectivity index (χ1) is 11.7. The first-order valence-electron chi connectivity index (χ1n) is 8.80. The molecule has 2 heterocycles. The van der Waals surface area contributed by atoms with Crippen molar-refractivity contribution < 1.29 is 9.18 Å². The fourth-order valence-corrected chi connectivity index (χ4v) is 4.23. The summed E-state index contributed by atoms with van der Waals surface area (Å²) in [6.07, 6.45) is 2.66. The molecule has 0 N–H and O–H groups in total. The Bertz CT molecular complexity index is 698. The van der Waals surface area contributed by atoms with Crippen molar-refractivity contribution in [1.29, 1.82) is 0 Å². The van der Waals surface area contributed by atoms with E-state index < -0.39 is 6.17 Å². The molecule has 1 amide bonds. The molecule has 0 radical (unpaired) electrons. The van der Waals surface area contributed by atoms with Gasteiger partial charge >= 0.3 is 0 Å². The van der Waals surface area contributed by atoms with E-state index in [9.17, 15) is 9.18 Å². The van der Waals surface area contributed by atoms with Crippen LogP contribution in [-0.2, 0) is 11.2 Å². The molecule has 2 unspecified atom stereocenters. The van der Waals surface area contributed by atoms with Gasteiger partial charge in [-0.2, -0.15) is 0 Å². The Morgan fingerprint density at radius 2 is 1.50 bits per heavy atom. The third-order valence-electron chi connectivity index (χ3n) is 5.38. The third-order valence-corrected chi connectivity index (χ3v) is 5.38. The summed E-state index contributed by atoms with van der Waals surface area (Å²) in [5.41, 5.74) is 3.37. The summed E-state index contributed by atoms with van der Waals surface area (Å²) in [7, 11) is 0. The Morgan fingerprint density at radius 1 is 0.917 bits per heavy atom. The van der Waals surface area contributed by atoms with Crippen LogP contribution in [0, 0.1) is 0 Å². The lowest BCUT2D eigenvalue weighted by Crippen LogP contribution is -2.47. The Hall–Kier alpha value is -2.16. The van der Waals surface area contributed by atoms with Gasteiger partial charge in [-0.3, -0.25) is 4.79 Å². The standard InChI is InChI=1S/C21H22FNO/c22-18-13-19-10-11-20(14-18)23(19)21(24)12-15-6-8-17(9-7-15)16-4-2-1-3-5-16/h1-9,18-20H,10-14H2. The lowest BCUT2D eigenvalue weighted by molar-refractivity contribution is -0.135. The molecule has 2 aromatic rings. The van der Waals surface area contributed by atoms with E-state index in [1.54, 1.807) is 0 Å². The van der Waals surface area contributed by atoms with Gasteiger partial charge in [0.25, 0.3) is 0 Å². The van der Waals surface area contributed by atoms with E-state index in [0.717, 1.165) is 24.0 Å². The van der Waals surface area contributed by atoms with Gasteiger partial charge in [-0.05, 0) is 42.4 Å². The first-order valence-corrected chi connectivity index (χ1v) is 8.80. The minimum absolute atomic E-state index is 0.120. The highest BCUT2D eigenvalue weighted by Crippen LogP contribution is 2.37. The number of piperidine rings is 1. The maximum atomic E-state index is 13.7. The van der Waals surface area contributed by atoms with Crippen LogP contribution in [0.2, 0.25) is 0 Å². The van der Waals surface area contributed by atoms with Crippen LogP contribution in [0.15, 0.2) is 54.6 Å². The largest absolute Gasteiger partial charge is 0.336 e. The predicted molar refractivity (Wildman–Crippen MR) is 93.4 cm³/mol. The van der Waals surface area contributed by atoms with Gasteiger partial charge in [0.1, 0.15) is 6.17 Å². The normalized spacial score (nSPS) is 25.7. The van der Waals surface area contributed by atoms with Gasteiger partial charge in [0.15, 0.2) is 0 Å². The molecule has 0 aromatic heterocycles. The smallest absolute Gasteiger partial charge is 0.227 e. The van der Waals surface area contributed by atoms with Crippen LogP contribution in [0.4, 0.5) is 4.39 Å². The Labute approximate surface area is 142 Å². The van der Waals surface area contributed by atoms with Crippen LogP contribution in [0.3, 0.4) is 0 Å². The van der Waals surface area contributed by atoms with E-state index in [-0.39, 0.29) is 18.0 Å². The van der Waals surface area contributed by atoms with Gasteiger partial charge in [-0.15, -0.1) is 0 Å². The molecule has 4 rings (SSSR count). The summed E-state index contributed by atoms with van der Waals surface area (Å²) >= 11 is 0. The molecule has 2 fully saturated rings. The third kappa shape index (κ3) is 2.95. The second-order valence-corrected chi connectivity index (χ2v) is 6.99. The second-order valence-electron chi connectivity index (χ2n) is 6.99. The number of hydrogen-bond acceptors (Lipinski definition) is 1. The minimum Gasteiger partial charge on any atom is -0.336 e. The number of carbonyl (C=O) groups is 1. The van der Waals surface area contributed by atoms with E-state index in [1.165, 1.54) is 5.56 Å². The zero-order chi connectivity index (χ0) is 16.5. The fraction of sp³-hybridized carbons (Fsp3) is 0.381. The number of amides is 1. The van der Waals surface area contributed by atoms with Crippen molar-refractivity contribution >= 4 is 5.91 Å². The molecule has 2 saturated heterocycles. The molecule has 0 saturated carbocycles. The number of carbonyl (C=O) groups excluding carboxylic acids is 1. The van der Waals surface area contributed by atoms with Crippen molar-refractivity contribution in [2.45, 2.75) is 50.4 Å². The van der Waals surface area contributed by atoms with Crippen LogP contribution >= 0.6 is 0 Å². The zero-order valence-electron chi connectivity index (χ0n) is 13.7. The van der Waals surface area contributed by atoms with Crippen LogP contribution in [0.5, 0.6) is 0 Å². The molecular weight excluding hydrogens is 301 g/mol. The maximum absolute atomic E-state index is 13.7. The molecule has 2 atom stereocenters. The van der Waals surface area contributed by atoms with Gasteiger partial charge in [0.2, 0.25) is 5.91 Å². The number of benzene rings is 2. The van der Waals surface area contributed by atoms with Gasteiger partial charge < -0.3 is 4.90 Å². The molecule has 2 bridgehead atoms. The molecule has 3 heteroatoms. The van der Waals surface area contributed by atoms with Crippen molar-refractivity contribution in [3.63, 3.8) is 0 Å². The van der Waals surface area contributed by atoms with Gasteiger partial charge in [0, 0.05) is 12.1 Å². The van der Waals surface area contributed by atoms with Crippen LogP contribution in [0.25, 0.3) is 11.1 Å². The van der Waals surface area contributed by atoms with Crippen LogP contribution in [0.1, 0.15) is 31.2 Å². The van der Waals surface area contributed by atoms with E-state index in [0.29, 0.717) is 19.3 Å².